The summed E-state index contributed by atoms with van der Waals surface area (Å²) in [4.78, 5) is 11.3. The molecular weight excluding hydrogens is 312 g/mol. The van der Waals surface area contributed by atoms with Gasteiger partial charge >= 0.3 is 5.97 Å². The zero-order valence-corrected chi connectivity index (χ0v) is 12.5. The van der Waals surface area contributed by atoms with E-state index in [0.29, 0.717) is 10.2 Å². The maximum Gasteiger partial charge on any atom is 0.340 e. The maximum atomic E-state index is 11.3. The number of aromatic carboxylic acids is 1. The summed E-state index contributed by atoms with van der Waals surface area (Å²) in [6.45, 7) is 4.01. The number of hydrogen-bond acceptors (Lipinski definition) is 3. The Balaban J connectivity index is 2.19. The van der Waals surface area contributed by atoms with Gasteiger partial charge in [-0.25, -0.2) is 4.79 Å². The van der Waals surface area contributed by atoms with Crippen molar-refractivity contribution in [2.45, 2.75) is 45.0 Å². The second-order valence-corrected chi connectivity index (χ2v) is 5.74. The van der Waals surface area contributed by atoms with E-state index in [1.165, 1.54) is 0 Å². The van der Waals surface area contributed by atoms with Crippen molar-refractivity contribution >= 4 is 21.9 Å². The molecule has 104 valence electrons. The van der Waals surface area contributed by atoms with Crippen LogP contribution in [0.15, 0.2) is 22.7 Å². The first-order valence-corrected chi connectivity index (χ1v) is 7.10. The fourth-order valence-electron chi connectivity index (χ4n) is 2.43. The van der Waals surface area contributed by atoms with Gasteiger partial charge in [-0.15, -0.1) is 0 Å². The van der Waals surface area contributed by atoms with Crippen molar-refractivity contribution in [3.8, 4) is 5.75 Å². The van der Waals surface area contributed by atoms with Crippen LogP contribution in [-0.2, 0) is 4.74 Å². The Morgan fingerprint density at radius 2 is 2.00 bits per heavy atom. The number of ether oxygens (including phenoxy) is 2. The third kappa shape index (κ3) is 3.48. The summed E-state index contributed by atoms with van der Waals surface area (Å²) in [6, 6.07) is 5.17. The summed E-state index contributed by atoms with van der Waals surface area (Å²) < 4.78 is 12.1. The molecule has 4 nitrogen and oxygen atoms in total. The number of halogens is 1. The number of carbonyl (C=O) groups is 1. The monoisotopic (exact) mass is 328 g/mol. The number of carboxylic acids is 1. The van der Waals surface area contributed by atoms with Crippen LogP contribution in [0.4, 0.5) is 0 Å². The van der Waals surface area contributed by atoms with Crippen LogP contribution >= 0.6 is 15.9 Å². The molecule has 5 heteroatoms. The van der Waals surface area contributed by atoms with Crippen molar-refractivity contribution in [3.05, 3.63) is 28.2 Å². The Labute approximate surface area is 120 Å². The summed E-state index contributed by atoms with van der Waals surface area (Å²) in [7, 11) is 0. The molecule has 1 aliphatic rings. The van der Waals surface area contributed by atoms with Crippen LogP contribution in [0.25, 0.3) is 0 Å². The van der Waals surface area contributed by atoms with Crippen molar-refractivity contribution in [1.29, 1.82) is 0 Å². The SMILES string of the molecule is CC1CC(Oc2cccc(Br)c2C(=O)O)CC(C)O1. The summed E-state index contributed by atoms with van der Waals surface area (Å²) in [5.41, 5.74) is 0.175. The first-order chi connectivity index (χ1) is 8.97. The quantitative estimate of drug-likeness (QED) is 0.922. The standard InChI is InChI=1S/C14H17BrO4/c1-8-6-10(7-9(2)18-8)19-12-5-3-4-11(15)13(12)14(16)17/h3-5,8-10H,6-7H2,1-2H3,(H,16,17). The highest BCUT2D eigenvalue weighted by atomic mass is 79.9. The molecule has 19 heavy (non-hydrogen) atoms. The van der Waals surface area contributed by atoms with Gasteiger partial charge in [0, 0.05) is 17.3 Å². The number of hydrogen-bond donors (Lipinski definition) is 1. The zero-order chi connectivity index (χ0) is 14.0. The molecule has 1 aromatic rings. The van der Waals surface area contributed by atoms with Crippen LogP contribution < -0.4 is 4.74 Å². The molecule has 0 aliphatic carbocycles. The van der Waals surface area contributed by atoms with Gasteiger partial charge in [-0.1, -0.05) is 6.07 Å². The molecule has 0 radical (unpaired) electrons. The normalized spacial score (nSPS) is 27.0. The summed E-state index contributed by atoms with van der Waals surface area (Å²) in [5, 5.41) is 9.25. The van der Waals surface area contributed by atoms with Gasteiger partial charge < -0.3 is 14.6 Å². The molecule has 0 bridgehead atoms. The lowest BCUT2D eigenvalue weighted by molar-refractivity contribution is -0.0722. The van der Waals surface area contributed by atoms with E-state index in [1.807, 2.05) is 13.8 Å². The molecule has 2 atom stereocenters. The van der Waals surface area contributed by atoms with Crippen molar-refractivity contribution < 1.29 is 19.4 Å². The van der Waals surface area contributed by atoms with Crippen LogP contribution in [0, 0.1) is 0 Å². The molecule has 1 heterocycles. The van der Waals surface area contributed by atoms with E-state index in [1.54, 1.807) is 18.2 Å². The van der Waals surface area contributed by atoms with E-state index < -0.39 is 5.97 Å². The highest BCUT2D eigenvalue weighted by Crippen LogP contribution is 2.30. The average molecular weight is 329 g/mol. The smallest absolute Gasteiger partial charge is 0.340 e. The van der Waals surface area contributed by atoms with Gasteiger partial charge in [-0.05, 0) is 41.9 Å². The van der Waals surface area contributed by atoms with Crippen molar-refractivity contribution in [3.63, 3.8) is 0 Å². The molecule has 1 N–H and O–H groups in total. The lowest BCUT2D eigenvalue weighted by atomic mass is 10.0. The molecule has 0 saturated carbocycles. The zero-order valence-electron chi connectivity index (χ0n) is 10.9. The highest BCUT2D eigenvalue weighted by Gasteiger charge is 2.27. The molecule has 1 aromatic carbocycles. The van der Waals surface area contributed by atoms with Crippen LogP contribution in [0.2, 0.25) is 0 Å². The van der Waals surface area contributed by atoms with Gasteiger partial charge in [-0.3, -0.25) is 0 Å². The molecule has 1 aliphatic heterocycles. The largest absolute Gasteiger partial charge is 0.489 e. The van der Waals surface area contributed by atoms with Crippen molar-refractivity contribution in [2.75, 3.05) is 0 Å². The van der Waals surface area contributed by atoms with Gasteiger partial charge in [0.15, 0.2) is 0 Å². The fraction of sp³-hybridized carbons (Fsp3) is 0.500. The molecule has 1 fully saturated rings. The van der Waals surface area contributed by atoms with Gasteiger partial charge in [0.25, 0.3) is 0 Å². The van der Waals surface area contributed by atoms with Crippen LogP contribution in [0.1, 0.15) is 37.0 Å². The summed E-state index contributed by atoms with van der Waals surface area (Å²) in [6.07, 6.45) is 1.81. The van der Waals surface area contributed by atoms with Gasteiger partial charge in [0.05, 0.1) is 12.2 Å². The minimum atomic E-state index is -0.990. The minimum absolute atomic E-state index is 0.00819. The Kier molecular flexibility index (Phi) is 4.47. The number of benzene rings is 1. The van der Waals surface area contributed by atoms with Crippen LogP contribution in [-0.4, -0.2) is 29.4 Å². The second kappa shape index (κ2) is 5.92. The van der Waals surface area contributed by atoms with Crippen molar-refractivity contribution in [2.24, 2.45) is 0 Å². The predicted octanol–water partition coefficient (Wildman–Crippen LogP) is 3.48. The number of rotatable bonds is 3. The van der Waals surface area contributed by atoms with E-state index >= 15 is 0 Å². The third-order valence-corrected chi connectivity index (χ3v) is 3.80. The number of carboxylic acid groups (broad SMARTS) is 1. The van der Waals surface area contributed by atoms with E-state index in [2.05, 4.69) is 15.9 Å². The van der Waals surface area contributed by atoms with E-state index in [-0.39, 0.29) is 23.9 Å². The fourth-order valence-corrected chi connectivity index (χ4v) is 2.95. The first-order valence-electron chi connectivity index (χ1n) is 6.31. The minimum Gasteiger partial charge on any atom is -0.489 e. The summed E-state index contributed by atoms with van der Waals surface area (Å²) in [5.74, 6) is -0.580. The van der Waals surface area contributed by atoms with Crippen LogP contribution in [0.3, 0.4) is 0 Å². The first kappa shape index (κ1) is 14.3. The van der Waals surface area contributed by atoms with E-state index in [0.717, 1.165) is 12.8 Å². The molecule has 1 saturated heterocycles. The molecule has 0 aromatic heterocycles. The van der Waals surface area contributed by atoms with Crippen LogP contribution in [0.5, 0.6) is 5.75 Å². The Morgan fingerprint density at radius 1 is 1.37 bits per heavy atom. The van der Waals surface area contributed by atoms with Crippen molar-refractivity contribution in [1.82, 2.24) is 0 Å². The Hall–Kier alpha value is -1.07. The Bertz CT molecular complexity index is 465. The van der Waals surface area contributed by atoms with Gasteiger partial charge in [0.1, 0.15) is 17.4 Å². The lowest BCUT2D eigenvalue weighted by Gasteiger charge is -2.32. The molecule has 0 spiro atoms. The molecule has 2 unspecified atom stereocenters. The van der Waals surface area contributed by atoms with E-state index in [9.17, 15) is 9.90 Å². The molecule has 2 rings (SSSR count). The third-order valence-electron chi connectivity index (χ3n) is 3.14. The van der Waals surface area contributed by atoms with E-state index in [4.69, 9.17) is 9.47 Å². The highest BCUT2D eigenvalue weighted by molar-refractivity contribution is 9.10. The Morgan fingerprint density at radius 3 is 2.58 bits per heavy atom. The van der Waals surface area contributed by atoms with Gasteiger partial charge in [0.2, 0.25) is 0 Å². The lowest BCUT2D eigenvalue weighted by Crippen LogP contribution is -2.36. The van der Waals surface area contributed by atoms with Gasteiger partial charge in [-0.2, -0.15) is 0 Å². The summed E-state index contributed by atoms with van der Waals surface area (Å²) >= 11 is 3.25. The maximum absolute atomic E-state index is 11.3. The average Bonchev–Trinajstić information content (AvgIpc) is 2.26. The topological polar surface area (TPSA) is 55.8 Å². The molecular formula is C14H17BrO4. The molecule has 0 amide bonds. The second-order valence-electron chi connectivity index (χ2n) is 4.89. The predicted molar refractivity (Wildman–Crippen MR) is 74.8 cm³/mol.